The summed E-state index contributed by atoms with van der Waals surface area (Å²) in [5.74, 6) is 0.666. The van der Waals surface area contributed by atoms with Gasteiger partial charge in [0.1, 0.15) is 0 Å². The Kier molecular flexibility index (Phi) is 12.7. The number of fused-ring (bicyclic) bond motifs is 1. The normalized spacial score (nSPS) is 18.4. The molecule has 0 saturated heterocycles. The Morgan fingerprint density at radius 3 is 1.92 bits per heavy atom. The van der Waals surface area contributed by atoms with Crippen LogP contribution in [0.4, 0.5) is 0 Å². The van der Waals surface area contributed by atoms with E-state index in [1.807, 2.05) is 3.28 Å². The van der Waals surface area contributed by atoms with Crippen molar-refractivity contribution in [3.05, 3.63) is 97.4 Å². The SMILES string of the molecule is CCCC[Si](CCCC)=[Zr]([C]1=C(C)C(C)=C(C)C1C)[CH]1C=C(c2ccccc2)c2ccccc21.Cl.Cl. The molecule has 0 spiro atoms. The van der Waals surface area contributed by atoms with E-state index in [4.69, 9.17) is 0 Å². The number of allylic oxidation sites excluding steroid dienone is 5. The van der Waals surface area contributed by atoms with E-state index in [2.05, 4.69) is 102 Å². The number of hydrogen-bond donors (Lipinski definition) is 0. The van der Waals surface area contributed by atoms with Crippen molar-refractivity contribution in [1.29, 1.82) is 0 Å². The van der Waals surface area contributed by atoms with Crippen molar-refractivity contribution in [1.82, 2.24) is 0 Å². The first-order valence-electron chi connectivity index (χ1n) is 13.5. The minimum Gasteiger partial charge on any atom is -0.147 e. The van der Waals surface area contributed by atoms with Crippen molar-refractivity contribution in [2.24, 2.45) is 5.92 Å². The van der Waals surface area contributed by atoms with Gasteiger partial charge in [0, 0.05) is 0 Å². The second kappa shape index (κ2) is 14.5. The van der Waals surface area contributed by atoms with Gasteiger partial charge < -0.3 is 0 Å². The minimum atomic E-state index is -2.04. The molecule has 0 bridgehead atoms. The molecule has 0 nitrogen and oxygen atoms in total. The Balaban J connectivity index is 0.00000228. The molecule has 0 N–H and O–H groups in total. The molecule has 4 heteroatoms. The molecule has 0 amide bonds. The van der Waals surface area contributed by atoms with Crippen LogP contribution in [0.2, 0.25) is 12.1 Å². The Hall–Kier alpha value is -0.660. The summed E-state index contributed by atoms with van der Waals surface area (Å²) >= 11 is -2.04. The quantitative estimate of drug-likeness (QED) is 0.245. The van der Waals surface area contributed by atoms with E-state index in [-0.39, 0.29) is 30.2 Å². The third kappa shape index (κ3) is 6.31. The fourth-order valence-electron chi connectivity index (χ4n) is 6.02. The third-order valence-corrected chi connectivity index (χ3v) is 29.8. The van der Waals surface area contributed by atoms with E-state index < -0.39 is 20.4 Å². The molecule has 36 heavy (non-hydrogen) atoms. The number of halogens is 2. The van der Waals surface area contributed by atoms with Crippen LogP contribution in [0.15, 0.2) is 80.7 Å². The van der Waals surface area contributed by atoms with Crippen molar-refractivity contribution in [2.45, 2.75) is 82.9 Å². The molecule has 0 aromatic heterocycles. The van der Waals surface area contributed by atoms with Crippen LogP contribution in [0.5, 0.6) is 0 Å². The molecule has 2 aromatic carbocycles. The molecule has 0 fully saturated rings. The van der Waals surface area contributed by atoms with Crippen LogP contribution in [0.3, 0.4) is 0 Å². The smallest absolute Gasteiger partial charge is 0.147 e. The maximum absolute atomic E-state index is 2.76. The number of hydrogen-bond acceptors (Lipinski definition) is 0. The largest absolute Gasteiger partial charge is 0.147 e. The molecule has 0 saturated carbocycles. The second-order valence-corrected chi connectivity index (χ2v) is 25.8. The third-order valence-electron chi connectivity index (χ3n) is 8.29. The molecule has 0 aliphatic heterocycles. The number of rotatable bonds is 9. The maximum Gasteiger partial charge on any atom is -0.147 e. The standard InChI is InChI=1S/C15H11.C9H13.C8H18Si.2ClH.Zr/c1-2-6-12(7-3-1)15-11-10-13-8-4-5-9-14(13)15;1-6-5-7(2)9(4)8(6)3;1-3-5-7-9-8-6-4-2;;;/h1-11H;6H,1-4H3;3-8H2,1-2H3;2*1H;. The summed E-state index contributed by atoms with van der Waals surface area (Å²) in [5.41, 5.74) is 10.6. The van der Waals surface area contributed by atoms with E-state index in [0.29, 0.717) is 9.54 Å². The zero-order valence-corrected chi connectivity index (χ0v) is 28.1. The summed E-state index contributed by atoms with van der Waals surface area (Å²) in [6, 6.07) is 23.7. The fourth-order valence-corrected chi connectivity index (χ4v) is 31.8. The number of unbranched alkanes of at least 4 members (excludes halogenated alkanes) is 2. The summed E-state index contributed by atoms with van der Waals surface area (Å²) in [4.78, 5) is 0. The van der Waals surface area contributed by atoms with Crippen LogP contribution in [-0.4, -0.2) is 5.43 Å². The first-order valence-corrected chi connectivity index (χ1v) is 21.7. The van der Waals surface area contributed by atoms with Gasteiger partial charge in [0.15, 0.2) is 0 Å². The molecule has 2 atom stereocenters. The second-order valence-electron chi connectivity index (χ2n) is 10.3. The monoisotopic (exact) mass is 616 g/mol. The Bertz CT molecular complexity index is 1160. The van der Waals surface area contributed by atoms with Crippen molar-refractivity contribution >= 4 is 35.8 Å². The summed E-state index contributed by atoms with van der Waals surface area (Å²) < 4.78 is 2.67. The van der Waals surface area contributed by atoms with E-state index in [1.165, 1.54) is 54.5 Å². The van der Waals surface area contributed by atoms with Gasteiger partial charge in [-0.3, -0.25) is 0 Å². The van der Waals surface area contributed by atoms with Crippen LogP contribution < -0.4 is 0 Å². The Morgan fingerprint density at radius 2 is 1.36 bits per heavy atom. The predicted molar refractivity (Wildman–Crippen MR) is 163 cm³/mol. The summed E-state index contributed by atoms with van der Waals surface area (Å²) in [6.07, 6.45) is 8.29. The first-order chi connectivity index (χ1) is 16.5. The minimum absolute atomic E-state index is 0. The van der Waals surface area contributed by atoms with Gasteiger partial charge in [-0.2, -0.15) is 0 Å². The molecule has 2 aliphatic carbocycles. The fraction of sp³-hybridized carbons (Fsp3) is 0.438. The molecule has 4 rings (SSSR count). The van der Waals surface area contributed by atoms with Crippen molar-refractivity contribution in [3.63, 3.8) is 0 Å². The summed E-state index contributed by atoms with van der Waals surface area (Å²) in [7, 11) is 0. The molecule has 0 radical (unpaired) electrons. The molecule has 194 valence electrons. The molecule has 2 unspecified atom stereocenters. The average molecular weight is 619 g/mol. The Labute approximate surface area is 240 Å². The predicted octanol–water partition coefficient (Wildman–Crippen LogP) is 10.5. The Morgan fingerprint density at radius 1 is 0.778 bits per heavy atom. The zero-order chi connectivity index (χ0) is 24.2. The molecular weight excluding hydrogens is 575 g/mol. The summed E-state index contributed by atoms with van der Waals surface area (Å²) in [5, 5.41) is 0. The van der Waals surface area contributed by atoms with Gasteiger partial charge in [0.2, 0.25) is 0 Å². The topological polar surface area (TPSA) is 0 Å². The van der Waals surface area contributed by atoms with Crippen LogP contribution in [0.25, 0.3) is 5.57 Å². The van der Waals surface area contributed by atoms with Gasteiger partial charge >= 0.3 is 218 Å². The van der Waals surface area contributed by atoms with Gasteiger partial charge in [-0.1, -0.05) is 0 Å². The van der Waals surface area contributed by atoms with E-state index in [9.17, 15) is 0 Å². The van der Waals surface area contributed by atoms with Crippen LogP contribution in [0.1, 0.15) is 87.5 Å². The van der Waals surface area contributed by atoms with Gasteiger partial charge in [-0.05, 0) is 0 Å². The van der Waals surface area contributed by atoms with Crippen molar-refractivity contribution in [2.75, 3.05) is 0 Å². The molecule has 0 heterocycles. The van der Waals surface area contributed by atoms with Gasteiger partial charge in [-0.15, -0.1) is 24.8 Å². The van der Waals surface area contributed by atoms with Crippen molar-refractivity contribution < 1.29 is 20.4 Å². The van der Waals surface area contributed by atoms with Crippen LogP contribution in [0, 0.1) is 5.92 Å². The zero-order valence-electron chi connectivity index (χ0n) is 23.0. The molecule has 2 aromatic rings. The first kappa shape index (κ1) is 31.6. The van der Waals surface area contributed by atoms with E-state index in [1.54, 1.807) is 22.3 Å². The summed E-state index contributed by atoms with van der Waals surface area (Å²) in [6.45, 7) is 14.6. The van der Waals surface area contributed by atoms with Crippen LogP contribution >= 0.6 is 24.8 Å². The van der Waals surface area contributed by atoms with Gasteiger partial charge in [0.25, 0.3) is 0 Å². The van der Waals surface area contributed by atoms with Gasteiger partial charge in [-0.25, -0.2) is 0 Å². The van der Waals surface area contributed by atoms with Crippen molar-refractivity contribution in [3.8, 4) is 0 Å². The van der Waals surface area contributed by atoms with Gasteiger partial charge in [0.05, 0.1) is 0 Å². The maximum atomic E-state index is 2.76. The van der Waals surface area contributed by atoms with E-state index in [0.717, 1.165) is 0 Å². The average Bonchev–Trinajstić information content (AvgIpc) is 3.33. The molecular formula is C32H44Cl2SiZr. The van der Waals surface area contributed by atoms with Crippen LogP contribution in [-0.2, 0) is 20.4 Å². The number of benzene rings is 2. The van der Waals surface area contributed by atoms with E-state index >= 15 is 0 Å². The molecule has 2 aliphatic rings.